The van der Waals surface area contributed by atoms with Gasteiger partial charge in [0.25, 0.3) is 0 Å². The minimum absolute atomic E-state index is 0. The van der Waals surface area contributed by atoms with Gasteiger partial charge in [-0.25, -0.2) is 0 Å². The van der Waals surface area contributed by atoms with Gasteiger partial charge in [-0.2, -0.15) is 11.8 Å². The summed E-state index contributed by atoms with van der Waals surface area (Å²) in [7, 11) is 1.87. The molecule has 0 spiro atoms. The Bertz CT molecular complexity index is 534. The SMILES string of the molecule is CN=C(NCC1CCN(CCc2ccccc2)C1)NCC1CCCS1.I. The Balaban J connectivity index is 0.00000243. The highest BCUT2D eigenvalue weighted by Crippen LogP contribution is 2.25. The summed E-state index contributed by atoms with van der Waals surface area (Å²) in [6.45, 7) is 5.67. The Hall–Kier alpha value is -0.470. The molecule has 2 unspecified atom stereocenters. The minimum atomic E-state index is 0. The quantitative estimate of drug-likeness (QED) is 0.351. The molecule has 2 aliphatic rings. The van der Waals surface area contributed by atoms with Crippen LogP contribution in [-0.2, 0) is 6.42 Å². The first-order chi connectivity index (χ1) is 12.3. The molecule has 1 aromatic rings. The van der Waals surface area contributed by atoms with E-state index < -0.39 is 0 Å². The molecule has 26 heavy (non-hydrogen) atoms. The lowest BCUT2D eigenvalue weighted by Gasteiger charge is -2.18. The summed E-state index contributed by atoms with van der Waals surface area (Å²) in [5, 5.41) is 7.79. The Morgan fingerprint density at radius 1 is 1.19 bits per heavy atom. The van der Waals surface area contributed by atoms with Gasteiger partial charge in [0.2, 0.25) is 0 Å². The molecular formula is C20H33IN4S. The standard InChI is InChI=1S/C20H32N4S.HI/c1-21-20(23-15-19-8-5-13-25-19)22-14-18-10-12-24(16-18)11-9-17-6-3-2-4-7-17;/h2-4,6-7,18-19H,5,8-16H2,1H3,(H2,21,22,23);1H. The highest BCUT2D eigenvalue weighted by atomic mass is 127. The predicted octanol–water partition coefficient (Wildman–Crippen LogP) is 3.23. The molecule has 0 saturated carbocycles. The molecule has 3 rings (SSSR count). The summed E-state index contributed by atoms with van der Waals surface area (Å²) >= 11 is 2.09. The largest absolute Gasteiger partial charge is 0.356 e. The topological polar surface area (TPSA) is 39.7 Å². The average Bonchev–Trinajstić information content (AvgIpc) is 3.33. The van der Waals surface area contributed by atoms with E-state index in [1.54, 1.807) is 0 Å². The monoisotopic (exact) mass is 488 g/mol. The van der Waals surface area contributed by atoms with Gasteiger partial charge in [-0.05, 0) is 49.5 Å². The van der Waals surface area contributed by atoms with Gasteiger partial charge in [-0.1, -0.05) is 30.3 Å². The summed E-state index contributed by atoms with van der Waals surface area (Å²) in [5.41, 5.74) is 1.44. The van der Waals surface area contributed by atoms with Crippen LogP contribution in [0.1, 0.15) is 24.8 Å². The van der Waals surface area contributed by atoms with Crippen molar-refractivity contribution in [3.8, 4) is 0 Å². The van der Waals surface area contributed by atoms with Crippen LogP contribution in [0.4, 0.5) is 0 Å². The van der Waals surface area contributed by atoms with Crippen molar-refractivity contribution in [1.82, 2.24) is 15.5 Å². The van der Waals surface area contributed by atoms with E-state index in [4.69, 9.17) is 0 Å². The second-order valence-electron chi connectivity index (χ2n) is 7.16. The van der Waals surface area contributed by atoms with Crippen molar-refractivity contribution in [2.45, 2.75) is 30.9 Å². The lowest BCUT2D eigenvalue weighted by molar-refractivity contribution is 0.328. The Morgan fingerprint density at radius 2 is 2.00 bits per heavy atom. The highest BCUT2D eigenvalue weighted by Gasteiger charge is 2.22. The molecule has 0 bridgehead atoms. The first kappa shape index (κ1) is 21.8. The molecule has 2 heterocycles. The molecule has 0 radical (unpaired) electrons. The number of guanidine groups is 1. The van der Waals surface area contributed by atoms with Crippen LogP contribution in [0.25, 0.3) is 0 Å². The van der Waals surface area contributed by atoms with Gasteiger partial charge in [-0.3, -0.25) is 4.99 Å². The molecule has 0 aliphatic carbocycles. The fourth-order valence-electron chi connectivity index (χ4n) is 3.69. The number of hydrogen-bond donors (Lipinski definition) is 2. The number of aliphatic imine (C=N–C) groups is 1. The van der Waals surface area contributed by atoms with Crippen LogP contribution in [-0.4, -0.2) is 61.6 Å². The van der Waals surface area contributed by atoms with Gasteiger partial charge in [0.15, 0.2) is 5.96 Å². The van der Waals surface area contributed by atoms with Crippen LogP contribution in [0.15, 0.2) is 35.3 Å². The van der Waals surface area contributed by atoms with Crippen molar-refractivity contribution < 1.29 is 0 Å². The number of nitrogens with one attached hydrogen (secondary N) is 2. The Kier molecular flexibility index (Phi) is 10.1. The molecule has 2 N–H and O–H groups in total. The number of thioether (sulfide) groups is 1. The molecule has 2 atom stereocenters. The third kappa shape index (κ3) is 7.27. The summed E-state index contributed by atoms with van der Waals surface area (Å²) in [5.74, 6) is 3.02. The molecule has 6 heteroatoms. The zero-order chi connectivity index (χ0) is 17.3. The molecular weight excluding hydrogens is 455 g/mol. The maximum atomic E-state index is 4.38. The van der Waals surface area contributed by atoms with E-state index >= 15 is 0 Å². The van der Waals surface area contributed by atoms with Gasteiger partial charge >= 0.3 is 0 Å². The summed E-state index contributed by atoms with van der Waals surface area (Å²) in [6.07, 6.45) is 5.15. The molecule has 146 valence electrons. The number of rotatable bonds is 7. The second-order valence-corrected chi connectivity index (χ2v) is 8.57. The van der Waals surface area contributed by atoms with E-state index in [1.165, 1.54) is 50.2 Å². The maximum absolute atomic E-state index is 4.38. The number of likely N-dealkylation sites (tertiary alicyclic amines) is 1. The summed E-state index contributed by atoms with van der Waals surface area (Å²) < 4.78 is 0. The van der Waals surface area contributed by atoms with E-state index in [-0.39, 0.29) is 24.0 Å². The zero-order valence-corrected chi connectivity index (χ0v) is 19.0. The fraction of sp³-hybridized carbons (Fsp3) is 0.650. The maximum Gasteiger partial charge on any atom is 0.191 e. The van der Waals surface area contributed by atoms with Crippen molar-refractivity contribution in [2.75, 3.05) is 45.5 Å². The zero-order valence-electron chi connectivity index (χ0n) is 15.8. The van der Waals surface area contributed by atoms with Gasteiger partial charge < -0.3 is 15.5 Å². The molecule has 0 aromatic heterocycles. The lowest BCUT2D eigenvalue weighted by atomic mass is 10.1. The normalized spacial score (nSPS) is 23.7. The second kappa shape index (κ2) is 12.1. The number of benzene rings is 1. The van der Waals surface area contributed by atoms with Crippen LogP contribution < -0.4 is 10.6 Å². The van der Waals surface area contributed by atoms with Crippen molar-refractivity contribution in [1.29, 1.82) is 0 Å². The highest BCUT2D eigenvalue weighted by molar-refractivity contribution is 14.0. The van der Waals surface area contributed by atoms with Gasteiger partial charge in [0.05, 0.1) is 0 Å². The van der Waals surface area contributed by atoms with Crippen molar-refractivity contribution in [3.63, 3.8) is 0 Å². The van der Waals surface area contributed by atoms with Crippen molar-refractivity contribution >= 4 is 41.7 Å². The Morgan fingerprint density at radius 3 is 2.73 bits per heavy atom. The van der Waals surface area contributed by atoms with E-state index in [9.17, 15) is 0 Å². The predicted molar refractivity (Wildman–Crippen MR) is 125 cm³/mol. The first-order valence-corrected chi connectivity index (χ1v) is 10.7. The van der Waals surface area contributed by atoms with Gasteiger partial charge in [-0.15, -0.1) is 24.0 Å². The van der Waals surface area contributed by atoms with E-state index in [2.05, 4.69) is 62.6 Å². The van der Waals surface area contributed by atoms with Crippen molar-refractivity contribution in [3.05, 3.63) is 35.9 Å². The average molecular weight is 488 g/mol. The first-order valence-electron chi connectivity index (χ1n) is 9.66. The van der Waals surface area contributed by atoms with Crippen molar-refractivity contribution in [2.24, 2.45) is 10.9 Å². The molecule has 2 aliphatic heterocycles. The van der Waals surface area contributed by atoms with Gasteiger partial charge in [0.1, 0.15) is 0 Å². The minimum Gasteiger partial charge on any atom is -0.356 e. The van der Waals surface area contributed by atoms with E-state index in [1.807, 2.05) is 7.05 Å². The van der Waals surface area contributed by atoms with Crippen LogP contribution in [0.3, 0.4) is 0 Å². The summed E-state index contributed by atoms with van der Waals surface area (Å²) in [6, 6.07) is 10.8. The van der Waals surface area contributed by atoms with E-state index in [0.717, 1.165) is 36.6 Å². The Labute approximate surface area is 180 Å². The number of hydrogen-bond acceptors (Lipinski definition) is 3. The molecule has 2 saturated heterocycles. The number of halogens is 1. The molecule has 1 aromatic carbocycles. The smallest absolute Gasteiger partial charge is 0.191 e. The lowest BCUT2D eigenvalue weighted by Crippen LogP contribution is -2.42. The fourth-order valence-corrected chi connectivity index (χ4v) is 4.89. The molecule has 4 nitrogen and oxygen atoms in total. The van der Waals surface area contributed by atoms with E-state index in [0.29, 0.717) is 0 Å². The third-order valence-corrected chi connectivity index (χ3v) is 6.63. The summed E-state index contributed by atoms with van der Waals surface area (Å²) in [4.78, 5) is 6.98. The molecule has 2 fully saturated rings. The van der Waals surface area contributed by atoms with Crippen LogP contribution in [0.5, 0.6) is 0 Å². The number of nitrogens with zero attached hydrogens (tertiary/aromatic N) is 2. The molecule has 0 amide bonds. The van der Waals surface area contributed by atoms with Crippen LogP contribution >= 0.6 is 35.7 Å². The van der Waals surface area contributed by atoms with Crippen LogP contribution in [0, 0.1) is 5.92 Å². The van der Waals surface area contributed by atoms with Crippen LogP contribution in [0.2, 0.25) is 0 Å². The van der Waals surface area contributed by atoms with Gasteiger partial charge in [0, 0.05) is 38.5 Å². The third-order valence-electron chi connectivity index (χ3n) is 5.23.